The van der Waals surface area contributed by atoms with Gasteiger partial charge in [0, 0.05) is 36.7 Å². The number of hydrogen-bond acceptors (Lipinski definition) is 5. The van der Waals surface area contributed by atoms with Crippen molar-refractivity contribution in [3.05, 3.63) is 78.5 Å². The van der Waals surface area contributed by atoms with Crippen molar-refractivity contribution < 1.29 is 18.0 Å². The van der Waals surface area contributed by atoms with Crippen LogP contribution >= 0.6 is 0 Å². The van der Waals surface area contributed by atoms with E-state index in [1.165, 1.54) is 11.0 Å². The molecule has 1 aliphatic heterocycles. The summed E-state index contributed by atoms with van der Waals surface area (Å²) in [6.07, 6.45) is 4.45. The minimum absolute atomic E-state index is 0.0675. The molecular weight excluding hydrogens is 566 g/mol. The topological polar surface area (TPSA) is 173 Å². The quantitative estimate of drug-likeness (QED) is 0.0825. The number of rotatable bonds is 12. The van der Waals surface area contributed by atoms with Crippen molar-refractivity contribution >= 4 is 49.5 Å². The molecule has 2 atom stereocenters. The highest BCUT2D eigenvalue weighted by atomic mass is 32.2. The van der Waals surface area contributed by atoms with Crippen molar-refractivity contribution in [3.8, 4) is 0 Å². The zero-order chi connectivity index (χ0) is 30.4. The van der Waals surface area contributed by atoms with Crippen LogP contribution in [-0.2, 0) is 26.0 Å². The Labute approximate surface area is 250 Å². The molecule has 0 unspecified atom stereocenters. The molecule has 0 aliphatic carbocycles. The highest BCUT2D eigenvalue weighted by molar-refractivity contribution is 7.89. The zero-order valence-corrected chi connectivity index (χ0v) is 24.6. The predicted molar refractivity (Wildman–Crippen MR) is 167 cm³/mol. The highest BCUT2D eigenvalue weighted by Crippen LogP contribution is 2.25. The van der Waals surface area contributed by atoms with Crippen molar-refractivity contribution in [2.75, 3.05) is 19.6 Å². The summed E-state index contributed by atoms with van der Waals surface area (Å²) < 4.78 is 30.1. The Balaban J connectivity index is 1.35. The van der Waals surface area contributed by atoms with Crippen LogP contribution in [-0.4, -0.2) is 67.8 Å². The minimum Gasteiger partial charge on any atom is -0.370 e. The van der Waals surface area contributed by atoms with Gasteiger partial charge in [-0.2, -0.15) is 4.72 Å². The summed E-state index contributed by atoms with van der Waals surface area (Å²) in [6.45, 7) is 1.32. The highest BCUT2D eigenvalue weighted by Gasteiger charge is 2.38. The number of para-hydroxylation sites is 1. The van der Waals surface area contributed by atoms with Crippen LogP contribution in [0.1, 0.15) is 31.2 Å². The van der Waals surface area contributed by atoms with Gasteiger partial charge in [-0.3, -0.25) is 15.0 Å². The lowest BCUT2D eigenvalue weighted by molar-refractivity contribution is -0.139. The molecule has 2 amide bonds. The fourth-order valence-electron chi connectivity index (χ4n) is 5.60. The van der Waals surface area contributed by atoms with Crippen LogP contribution < -0.4 is 21.1 Å². The average molecular weight is 604 g/mol. The summed E-state index contributed by atoms with van der Waals surface area (Å²) in [7, 11) is -4.09. The van der Waals surface area contributed by atoms with Crippen LogP contribution in [0.4, 0.5) is 0 Å². The number of hydrogen-bond donors (Lipinski definition) is 6. The van der Waals surface area contributed by atoms with Crippen molar-refractivity contribution in [3.63, 3.8) is 0 Å². The van der Waals surface area contributed by atoms with Crippen LogP contribution in [0, 0.1) is 5.41 Å². The molecule has 0 radical (unpaired) electrons. The van der Waals surface area contributed by atoms with E-state index in [1.807, 2.05) is 48.5 Å². The summed E-state index contributed by atoms with van der Waals surface area (Å²) >= 11 is 0. The molecule has 1 saturated heterocycles. The maximum atomic E-state index is 14.1. The molecule has 4 aromatic rings. The van der Waals surface area contributed by atoms with E-state index in [2.05, 4.69) is 20.3 Å². The number of carbonyl (C=O) groups is 2. The third-order valence-electron chi connectivity index (χ3n) is 7.78. The monoisotopic (exact) mass is 603 g/mol. The van der Waals surface area contributed by atoms with E-state index >= 15 is 0 Å². The third-order valence-corrected chi connectivity index (χ3v) is 9.25. The first-order valence-electron chi connectivity index (χ1n) is 14.4. The number of amides is 2. The number of carbonyl (C=O) groups excluding carboxylic acids is 2. The van der Waals surface area contributed by atoms with Crippen molar-refractivity contribution in [1.82, 2.24) is 25.2 Å². The van der Waals surface area contributed by atoms with Gasteiger partial charge in [-0.05, 0) is 66.6 Å². The van der Waals surface area contributed by atoms with Crippen LogP contribution in [0.3, 0.4) is 0 Å². The molecule has 7 N–H and O–H groups in total. The summed E-state index contributed by atoms with van der Waals surface area (Å²) in [4.78, 5) is 32.0. The van der Waals surface area contributed by atoms with E-state index in [9.17, 15) is 18.0 Å². The van der Waals surface area contributed by atoms with Gasteiger partial charge in [0.25, 0.3) is 0 Å². The molecular formula is C31H37N7O4S. The number of guanidine groups is 1. The van der Waals surface area contributed by atoms with Gasteiger partial charge >= 0.3 is 0 Å². The van der Waals surface area contributed by atoms with Gasteiger partial charge in [0.2, 0.25) is 21.8 Å². The van der Waals surface area contributed by atoms with Crippen molar-refractivity contribution in [2.45, 2.75) is 49.1 Å². The maximum Gasteiger partial charge on any atom is 0.242 e. The van der Waals surface area contributed by atoms with E-state index in [-0.39, 0.29) is 23.2 Å². The number of nitrogens with one attached hydrogen (secondary N) is 5. The molecule has 0 saturated carbocycles. The first-order chi connectivity index (χ1) is 20.7. The number of aromatic amines is 1. The molecule has 0 bridgehead atoms. The second-order valence-electron chi connectivity index (χ2n) is 10.8. The van der Waals surface area contributed by atoms with E-state index in [4.69, 9.17) is 11.1 Å². The molecule has 3 aromatic carbocycles. The Morgan fingerprint density at radius 3 is 2.51 bits per heavy atom. The lowest BCUT2D eigenvalue weighted by Gasteiger charge is -2.28. The number of nitrogens with zero attached hydrogens (tertiary/aromatic N) is 1. The second-order valence-corrected chi connectivity index (χ2v) is 12.5. The SMILES string of the molecule is N=C(N)NCCCCNC(=O)[C@@H]1CCCN1C(=O)[C@@H](Cc1c[nH]c2ccccc12)NS(=O)(=O)c1ccc2ccccc2c1. The minimum atomic E-state index is -4.09. The molecule has 1 aliphatic rings. The molecule has 11 nitrogen and oxygen atoms in total. The lowest BCUT2D eigenvalue weighted by atomic mass is 10.0. The standard InChI is InChI=1S/C31H37N7O4S/c32-31(33)35-16-6-5-15-34-29(39)28-12-7-17-38(28)30(40)27(19-23-20-36-26-11-4-3-10-25(23)26)37-43(41,42)24-14-13-21-8-1-2-9-22(21)18-24/h1-4,8-11,13-14,18,20,27-28,36-37H,5-7,12,15-17,19H2,(H,34,39)(H4,32,33,35)/t27-,28+/m1/s1. The first kappa shape index (κ1) is 30.1. The number of sulfonamides is 1. The van der Waals surface area contributed by atoms with E-state index < -0.39 is 28.0 Å². The number of fused-ring (bicyclic) bond motifs is 2. The summed E-state index contributed by atoms with van der Waals surface area (Å²) in [5.41, 5.74) is 6.98. The number of unbranched alkanes of at least 4 members (excludes halogenated alkanes) is 1. The predicted octanol–water partition coefficient (Wildman–Crippen LogP) is 2.58. The number of benzene rings is 3. The van der Waals surface area contributed by atoms with Crippen LogP contribution in [0.5, 0.6) is 0 Å². The lowest BCUT2D eigenvalue weighted by Crippen LogP contribution is -2.54. The van der Waals surface area contributed by atoms with E-state index in [0.717, 1.165) is 33.7 Å². The molecule has 2 heterocycles. The number of aromatic nitrogens is 1. The molecule has 12 heteroatoms. The maximum absolute atomic E-state index is 14.1. The number of H-pyrrole nitrogens is 1. The molecule has 43 heavy (non-hydrogen) atoms. The summed E-state index contributed by atoms with van der Waals surface area (Å²) in [5, 5.41) is 15.4. The van der Waals surface area contributed by atoms with Crippen molar-refractivity contribution in [1.29, 1.82) is 5.41 Å². The third kappa shape index (κ3) is 7.15. The van der Waals surface area contributed by atoms with E-state index in [0.29, 0.717) is 38.9 Å². The first-order valence-corrected chi connectivity index (χ1v) is 15.9. The normalized spacial score (nSPS) is 15.9. The summed E-state index contributed by atoms with van der Waals surface area (Å²) in [6, 6.07) is 18.2. The molecule has 0 spiro atoms. The van der Waals surface area contributed by atoms with Crippen LogP contribution in [0.25, 0.3) is 21.7 Å². The summed E-state index contributed by atoms with van der Waals surface area (Å²) in [5.74, 6) is -0.783. The molecule has 1 aromatic heterocycles. The van der Waals surface area contributed by atoms with Crippen molar-refractivity contribution in [2.24, 2.45) is 5.73 Å². The average Bonchev–Trinajstić information content (AvgIpc) is 3.65. The molecule has 226 valence electrons. The molecule has 5 rings (SSSR count). The van der Waals surface area contributed by atoms with Gasteiger partial charge in [-0.25, -0.2) is 8.42 Å². The smallest absolute Gasteiger partial charge is 0.242 e. The van der Waals surface area contributed by atoms with Gasteiger partial charge in [-0.15, -0.1) is 0 Å². The van der Waals surface area contributed by atoms with Gasteiger partial charge in [-0.1, -0.05) is 48.5 Å². The number of likely N-dealkylation sites (tertiary alicyclic amines) is 1. The van der Waals surface area contributed by atoms with Crippen LogP contribution in [0.15, 0.2) is 77.8 Å². The van der Waals surface area contributed by atoms with Gasteiger partial charge in [0.1, 0.15) is 12.1 Å². The zero-order valence-electron chi connectivity index (χ0n) is 23.8. The van der Waals surface area contributed by atoms with Gasteiger partial charge in [0.05, 0.1) is 4.90 Å². The fourth-order valence-corrected chi connectivity index (χ4v) is 6.82. The second kappa shape index (κ2) is 13.3. The Morgan fingerprint density at radius 2 is 1.72 bits per heavy atom. The number of nitrogens with two attached hydrogens (primary N) is 1. The molecule has 1 fully saturated rings. The van der Waals surface area contributed by atoms with Gasteiger partial charge < -0.3 is 26.3 Å². The Kier molecular flexibility index (Phi) is 9.27. The Bertz CT molecular complexity index is 1740. The Hall–Kier alpha value is -4.42. The van der Waals surface area contributed by atoms with E-state index in [1.54, 1.807) is 18.3 Å². The fraction of sp³-hybridized carbons (Fsp3) is 0.323. The largest absolute Gasteiger partial charge is 0.370 e. The Morgan fingerprint density at radius 1 is 1.00 bits per heavy atom. The van der Waals surface area contributed by atoms with Gasteiger partial charge in [0.15, 0.2) is 5.96 Å². The van der Waals surface area contributed by atoms with Crippen LogP contribution in [0.2, 0.25) is 0 Å².